The summed E-state index contributed by atoms with van der Waals surface area (Å²) in [6, 6.07) is 19.6. The lowest BCUT2D eigenvalue weighted by Gasteiger charge is -2.23. The number of imidazole rings is 1. The highest BCUT2D eigenvalue weighted by Crippen LogP contribution is 2.43. The van der Waals surface area contributed by atoms with E-state index in [9.17, 15) is 14.4 Å². The molecule has 2 amide bonds. The summed E-state index contributed by atoms with van der Waals surface area (Å²) in [5, 5.41) is 2.86. The van der Waals surface area contributed by atoms with E-state index in [2.05, 4.69) is 15.0 Å². The normalized spacial score (nSPS) is 15.0. The number of para-hydroxylation sites is 2. The van der Waals surface area contributed by atoms with Crippen LogP contribution in [0.5, 0.6) is 0 Å². The number of carbonyl (C=O) groups excluding carboxylic acids is 3. The van der Waals surface area contributed by atoms with Crippen molar-refractivity contribution >= 4 is 34.7 Å². The van der Waals surface area contributed by atoms with Crippen LogP contribution in [-0.4, -0.2) is 46.9 Å². The lowest BCUT2D eigenvalue weighted by molar-refractivity contribution is -0.134. The number of benzene rings is 3. The molecule has 214 valence electrons. The Labute approximate surface area is 241 Å². The molecule has 0 saturated heterocycles. The first-order valence-electron chi connectivity index (χ1n) is 13.4. The third-order valence-corrected chi connectivity index (χ3v) is 7.07. The second kappa shape index (κ2) is 11.8. The first-order valence-corrected chi connectivity index (χ1v) is 13.4. The van der Waals surface area contributed by atoms with Crippen LogP contribution in [0.4, 0.5) is 20.2 Å². The molecule has 4 aromatic rings. The van der Waals surface area contributed by atoms with Crippen molar-refractivity contribution < 1.29 is 27.9 Å². The van der Waals surface area contributed by atoms with Crippen molar-refractivity contribution in [1.82, 2.24) is 9.55 Å². The molecule has 0 saturated carbocycles. The Morgan fingerprint density at radius 2 is 1.69 bits per heavy atom. The fourth-order valence-corrected chi connectivity index (χ4v) is 4.95. The van der Waals surface area contributed by atoms with E-state index >= 15 is 8.78 Å². The van der Waals surface area contributed by atoms with Crippen LogP contribution in [0.1, 0.15) is 45.4 Å². The summed E-state index contributed by atoms with van der Waals surface area (Å²) >= 11 is 0. The number of fused-ring (bicyclic) bond motifs is 1. The van der Waals surface area contributed by atoms with Crippen molar-refractivity contribution in [3.05, 3.63) is 114 Å². The zero-order valence-electron chi connectivity index (χ0n) is 23.0. The minimum absolute atomic E-state index is 0.0745. The molecule has 2 heterocycles. The van der Waals surface area contributed by atoms with E-state index in [0.29, 0.717) is 23.4 Å². The Hall–Kier alpha value is -5.12. The number of hydrogen-bond donors (Lipinski definition) is 1. The molecule has 1 aromatic heterocycles. The number of amides is 2. The number of anilines is 2. The average molecular weight is 571 g/mol. The molecule has 8 nitrogen and oxygen atoms in total. The third-order valence-electron chi connectivity index (χ3n) is 7.07. The summed E-state index contributed by atoms with van der Waals surface area (Å²) in [6.45, 7) is 1.71. The van der Waals surface area contributed by atoms with E-state index in [1.807, 2.05) is 23.6 Å². The van der Waals surface area contributed by atoms with Crippen molar-refractivity contribution in [3.63, 3.8) is 0 Å². The number of allylic oxidation sites excluding steroid dienone is 1. The van der Waals surface area contributed by atoms with Gasteiger partial charge in [0, 0.05) is 60.2 Å². The van der Waals surface area contributed by atoms with Gasteiger partial charge in [0.25, 0.3) is 17.7 Å². The van der Waals surface area contributed by atoms with Crippen LogP contribution in [0.3, 0.4) is 0 Å². The quantitative estimate of drug-likeness (QED) is 0.229. The van der Waals surface area contributed by atoms with Gasteiger partial charge in [0.2, 0.25) is 0 Å². The lowest BCUT2D eigenvalue weighted by Crippen LogP contribution is -2.33. The maximum absolute atomic E-state index is 15.2. The third kappa shape index (κ3) is 5.56. The Morgan fingerprint density at radius 3 is 2.40 bits per heavy atom. The van der Waals surface area contributed by atoms with Gasteiger partial charge in [-0.25, -0.2) is 18.6 Å². The van der Waals surface area contributed by atoms with Crippen LogP contribution in [0.15, 0.2) is 91.3 Å². The summed E-state index contributed by atoms with van der Waals surface area (Å²) in [5.74, 6) is -4.28. The van der Waals surface area contributed by atoms with Gasteiger partial charge >= 0.3 is 5.97 Å². The summed E-state index contributed by atoms with van der Waals surface area (Å²) in [5.41, 5.74) is 1.67. The number of nitrogens with one attached hydrogen (secondary N) is 1. The minimum Gasteiger partial charge on any atom is -0.466 e. The minimum atomic E-state index is -3.36. The highest BCUT2D eigenvalue weighted by molar-refractivity contribution is 6.10. The SMILES string of the molecule is CCc1nccn1-c1ccccc1C(=O)Nc1ccc(C(=O)N2CCC(F)(F)/C(=C\C(=O)OC)c3ccccc32)cc1. The van der Waals surface area contributed by atoms with Crippen LogP contribution in [0.2, 0.25) is 0 Å². The fraction of sp³-hybridized carbons (Fsp3) is 0.188. The van der Waals surface area contributed by atoms with Crippen molar-refractivity contribution in [2.75, 3.05) is 23.9 Å². The molecule has 0 aliphatic carbocycles. The molecule has 42 heavy (non-hydrogen) atoms. The van der Waals surface area contributed by atoms with E-state index in [-0.39, 0.29) is 29.3 Å². The molecule has 1 aliphatic heterocycles. The summed E-state index contributed by atoms with van der Waals surface area (Å²) in [7, 11) is 1.11. The molecular formula is C32H28F2N4O4. The molecule has 1 aliphatic rings. The van der Waals surface area contributed by atoms with Gasteiger partial charge in [0.1, 0.15) is 5.82 Å². The van der Waals surface area contributed by atoms with Gasteiger partial charge in [-0.3, -0.25) is 9.59 Å². The summed E-state index contributed by atoms with van der Waals surface area (Å²) in [4.78, 5) is 44.3. The zero-order valence-corrected chi connectivity index (χ0v) is 23.0. The number of hydrogen-bond acceptors (Lipinski definition) is 5. The molecule has 10 heteroatoms. The first kappa shape index (κ1) is 28.4. The first-order chi connectivity index (χ1) is 20.2. The number of rotatable bonds is 6. The van der Waals surface area contributed by atoms with Crippen molar-refractivity contribution in [1.29, 1.82) is 0 Å². The van der Waals surface area contributed by atoms with Crippen LogP contribution in [0.25, 0.3) is 11.3 Å². The van der Waals surface area contributed by atoms with Crippen molar-refractivity contribution in [2.24, 2.45) is 0 Å². The van der Waals surface area contributed by atoms with Crippen molar-refractivity contribution in [2.45, 2.75) is 25.7 Å². The van der Waals surface area contributed by atoms with Gasteiger partial charge in [-0.1, -0.05) is 37.3 Å². The smallest absolute Gasteiger partial charge is 0.330 e. The summed E-state index contributed by atoms with van der Waals surface area (Å²) < 4.78 is 36.8. The monoisotopic (exact) mass is 570 g/mol. The predicted octanol–water partition coefficient (Wildman–Crippen LogP) is 5.93. The van der Waals surface area contributed by atoms with Crippen LogP contribution < -0.4 is 10.2 Å². The lowest BCUT2D eigenvalue weighted by atomic mass is 9.97. The standard InChI is InChI=1S/C32H28F2N4O4/c1-3-28-35-17-19-37(28)27-11-7-5-9-24(27)30(40)36-22-14-12-21(13-15-22)31(41)38-18-16-32(33,34)25(20-29(39)42-2)23-8-4-6-10-26(23)38/h4-15,17,19-20H,3,16,18H2,1-2H3,(H,36,40)/b25-20-. The molecule has 0 atom stereocenters. The largest absolute Gasteiger partial charge is 0.466 e. The number of nitrogens with zero attached hydrogens (tertiary/aromatic N) is 3. The molecule has 0 bridgehead atoms. The highest BCUT2D eigenvalue weighted by atomic mass is 19.3. The van der Waals surface area contributed by atoms with Gasteiger partial charge in [0.15, 0.2) is 0 Å². The molecule has 0 radical (unpaired) electrons. The van der Waals surface area contributed by atoms with Gasteiger partial charge < -0.3 is 19.5 Å². The number of aromatic nitrogens is 2. The van der Waals surface area contributed by atoms with E-state index < -0.39 is 29.8 Å². The maximum Gasteiger partial charge on any atom is 0.330 e. The zero-order chi connectivity index (χ0) is 29.9. The maximum atomic E-state index is 15.2. The van der Waals surface area contributed by atoms with Crippen LogP contribution in [-0.2, 0) is 16.0 Å². The Morgan fingerprint density at radius 1 is 1.00 bits per heavy atom. The van der Waals surface area contributed by atoms with Gasteiger partial charge in [0.05, 0.1) is 24.0 Å². The number of carbonyl (C=O) groups is 3. The fourth-order valence-electron chi connectivity index (χ4n) is 4.95. The molecular weight excluding hydrogens is 542 g/mol. The number of alkyl halides is 2. The topological polar surface area (TPSA) is 93.5 Å². The molecule has 0 fully saturated rings. The van der Waals surface area contributed by atoms with E-state index in [0.717, 1.165) is 19.0 Å². The Kier molecular flexibility index (Phi) is 7.97. The predicted molar refractivity (Wildman–Crippen MR) is 155 cm³/mol. The number of aryl methyl sites for hydroxylation is 1. The van der Waals surface area contributed by atoms with E-state index in [1.165, 1.54) is 23.1 Å². The van der Waals surface area contributed by atoms with Gasteiger partial charge in [-0.2, -0.15) is 0 Å². The van der Waals surface area contributed by atoms with Gasteiger partial charge in [-0.05, 0) is 42.5 Å². The van der Waals surface area contributed by atoms with E-state index in [4.69, 9.17) is 0 Å². The highest BCUT2D eigenvalue weighted by Gasteiger charge is 2.41. The molecule has 0 unspecified atom stereocenters. The Bertz CT molecular complexity index is 1680. The van der Waals surface area contributed by atoms with Crippen LogP contribution >= 0.6 is 0 Å². The molecule has 0 spiro atoms. The molecule has 3 aromatic carbocycles. The molecule has 5 rings (SSSR count). The number of methoxy groups -OCH3 is 1. The second-order valence-electron chi connectivity index (χ2n) is 9.63. The van der Waals surface area contributed by atoms with Crippen LogP contribution in [0, 0.1) is 0 Å². The number of halogens is 2. The Balaban J connectivity index is 1.39. The number of esters is 1. The molecule has 1 N–H and O–H groups in total. The van der Waals surface area contributed by atoms with Gasteiger partial charge in [-0.15, -0.1) is 0 Å². The van der Waals surface area contributed by atoms with Crippen molar-refractivity contribution in [3.8, 4) is 5.69 Å². The average Bonchev–Trinajstić information content (AvgIpc) is 3.45. The second-order valence-corrected chi connectivity index (χ2v) is 9.63. The number of ether oxygens (including phenoxy) is 1. The van der Waals surface area contributed by atoms with E-state index in [1.54, 1.807) is 54.9 Å². The summed E-state index contributed by atoms with van der Waals surface area (Å²) in [6.07, 6.45) is 4.28.